The fourth-order valence-corrected chi connectivity index (χ4v) is 3.17. The Balaban J connectivity index is 1.95. The van der Waals surface area contributed by atoms with Crippen molar-refractivity contribution in [1.29, 1.82) is 0 Å². The Kier molecular flexibility index (Phi) is 5.71. The zero-order valence-corrected chi connectivity index (χ0v) is 14.9. The topological polar surface area (TPSA) is 92.8 Å². The molecule has 7 nitrogen and oxygen atoms in total. The molecule has 0 bridgehead atoms. The van der Waals surface area contributed by atoms with E-state index in [1.807, 2.05) is 0 Å². The predicted molar refractivity (Wildman–Crippen MR) is 89.9 cm³/mol. The number of imide groups is 1. The summed E-state index contributed by atoms with van der Waals surface area (Å²) in [6.45, 7) is 1.76. The molecule has 1 fully saturated rings. The van der Waals surface area contributed by atoms with Gasteiger partial charge in [0.05, 0.1) is 17.3 Å². The van der Waals surface area contributed by atoms with Gasteiger partial charge in [0.15, 0.2) is 0 Å². The number of sulfone groups is 1. The van der Waals surface area contributed by atoms with Gasteiger partial charge in [-0.05, 0) is 25.5 Å². The van der Waals surface area contributed by atoms with Crippen molar-refractivity contribution in [2.45, 2.75) is 25.5 Å². The van der Waals surface area contributed by atoms with Gasteiger partial charge in [-0.2, -0.15) is 0 Å². The van der Waals surface area contributed by atoms with Gasteiger partial charge in [0.2, 0.25) is 0 Å². The van der Waals surface area contributed by atoms with Gasteiger partial charge < -0.3 is 10.1 Å². The number of hydrogen-bond acceptors (Lipinski definition) is 5. The smallest absolute Gasteiger partial charge is 0.324 e. The second-order valence-electron chi connectivity index (χ2n) is 5.73. The maximum absolute atomic E-state index is 12.3. The van der Waals surface area contributed by atoms with E-state index in [2.05, 4.69) is 5.32 Å². The number of hydrogen-bond donors (Lipinski definition) is 1. The summed E-state index contributed by atoms with van der Waals surface area (Å²) < 4.78 is 28.1. The maximum Gasteiger partial charge on any atom is 0.324 e. The molecule has 24 heavy (non-hydrogen) atoms. The van der Waals surface area contributed by atoms with Crippen LogP contribution in [0.1, 0.15) is 13.3 Å². The molecule has 2 rings (SSSR count). The highest BCUT2D eigenvalue weighted by atomic mass is 35.5. The van der Waals surface area contributed by atoms with Crippen LogP contribution in [0.5, 0.6) is 5.75 Å². The lowest BCUT2D eigenvalue weighted by atomic mass is 10.2. The molecule has 0 saturated carbocycles. The summed E-state index contributed by atoms with van der Waals surface area (Å²) in [4.78, 5) is 25.2. The number of carbonyl (C=O) groups is 2. The Morgan fingerprint density at radius 2 is 2.00 bits per heavy atom. The molecule has 0 aliphatic carbocycles. The Bertz CT molecular complexity index is 737. The minimum Gasteiger partial charge on any atom is -0.487 e. The zero-order chi connectivity index (χ0) is 17.9. The minimum atomic E-state index is -3.20. The van der Waals surface area contributed by atoms with Crippen molar-refractivity contribution in [1.82, 2.24) is 10.2 Å². The molecule has 1 heterocycles. The van der Waals surface area contributed by atoms with Crippen LogP contribution >= 0.6 is 11.6 Å². The first kappa shape index (κ1) is 18.5. The highest BCUT2D eigenvalue weighted by Gasteiger charge is 2.38. The molecule has 3 amide bonds. The minimum absolute atomic E-state index is 0.0469. The van der Waals surface area contributed by atoms with Gasteiger partial charge in [0.25, 0.3) is 5.91 Å². The lowest BCUT2D eigenvalue weighted by Gasteiger charge is -2.20. The fraction of sp³-hybridized carbons (Fsp3) is 0.467. The number of para-hydroxylation sites is 1. The molecule has 1 aliphatic heterocycles. The van der Waals surface area contributed by atoms with E-state index in [0.717, 1.165) is 11.2 Å². The number of benzene rings is 1. The van der Waals surface area contributed by atoms with Gasteiger partial charge in [-0.15, -0.1) is 0 Å². The second-order valence-corrected chi connectivity index (χ2v) is 8.40. The standard InChI is InChI=1S/C15H19ClN2O5S/c1-10(23-13-6-4-3-5-11(13)16)9-18-14(19)12(17-15(18)20)7-8-24(2,21)22/h3-6,10,12H,7-9H2,1-2H3,(H,17,20). The molecule has 0 aromatic heterocycles. The number of rotatable bonds is 7. The first-order valence-corrected chi connectivity index (χ1v) is 9.82. The van der Waals surface area contributed by atoms with Gasteiger partial charge >= 0.3 is 6.03 Å². The monoisotopic (exact) mass is 374 g/mol. The first-order chi connectivity index (χ1) is 11.2. The zero-order valence-electron chi connectivity index (χ0n) is 13.4. The molecule has 0 radical (unpaired) electrons. The molecule has 1 saturated heterocycles. The number of carbonyl (C=O) groups excluding carboxylic acids is 2. The van der Waals surface area contributed by atoms with E-state index in [1.54, 1.807) is 31.2 Å². The van der Waals surface area contributed by atoms with E-state index in [0.29, 0.717) is 10.8 Å². The second kappa shape index (κ2) is 7.40. The fourth-order valence-electron chi connectivity index (χ4n) is 2.33. The third-order valence-electron chi connectivity index (χ3n) is 3.49. The van der Waals surface area contributed by atoms with E-state index in [4.69, 9.17) is 16.3 Å². The van der Waals surface area contributed by atoms with Crippen molar-refractivity contribution in [3.05, 3.63) is 29.3 Å². The lowest BCUT2D eigenvalue weighted by Crippen LogP contribution is -2.39. The SMILES string of the molecule is CC(CN1C(=O)NC(CCS(C)(=O)=O)C1=O)Oc1ccccc1Cl. The highest BCUT2D eigenvalue weighted by Crippen LogP contribution is 2.24. The third-order valence-corrected chi connectivity index (χ3v) is 4.78. The van der Waals surface area contributed by atoms with Gasteiger partial charge in [-0.25, -0.2) is 13.2 Å². The van der Waals surface area contributed by atoms with Crippen LogP contribution in [-0.2, 0) is 14.6 Å². The number of halogens is 1. The van der Waals surface area contributed by atoms with E-state index in [1.165, 1.54) is 0 Å². The summed E-state index contributed by atoms with van der Waals surface area (Å²) >= 11 is 6.01. The summed E-state index contributed by atoms with van der Waals surface area (Å²) in [5, 5.41) is 2.94. The van der Waals surface area contributed by atoms with Crippen LogP contribution in [0.15, 0.2) is 24.3 Å². The van der Waals surface area contributed by atoms with Crippen molar-refractivity contribution < 1.29 is 22.7 Å². The number of nitrogens with zero attached hydrogens (tertiary/aromatic N) is 1. The maximum atomic E-state index is 12.3. The van der Waals surface area contributed by atoms with E-state index in [-0.39, 0.29) is 18.7 Å². The molecule has 1 aliphatic rings. The van der Waals surface area contributed by atoms with Crippen LogP contribution in [0.2, 0.25) is 5.02 Å². The Morgan fingerprint density at radius 1 is 1.33 bits per heavy atom. The summed E-state index contributed by atoms with van der Waals surface area (Å²) in [6.07, 6.45) is 0.679. The normalized spacial score (nSPS) is 19.3. The molecule has 1 aromatic rings. The molecule has 1 N–H and O–H groups in total. The summed E-state index contributed by atoms with van der Waals surface area (Å²) in [6, 6.07) is 5.54. The molecular weight excluding hydrogens is 356 g/mol. The lowest BCUT2D eigenvalue weighted by molar-refractivity contribution is -0.128. The van der Waals surface area contributed by atoms with Crippen LogP contribution in [-0.4, -0.2) is 56.0 Å². The van der Waals surface area contributed by atoms with Crippen LogP contribution in [0, 0.1) is 0 Å². The number of ether oxygens (including phenoxy) is 1. The largest absolute Gasteiger partial charge is 0.487 e. The summed E-state index contributed by atoms with van der Waals surface area (Å²) in [7, 11) is -3.20. The third kappa shape index (κ3) is 4.85. The predicted octanol–water partition coefficient (Wildman–Crippen LogP) is 1.46. The number of amides is 3. The van der Waals surface area contributed by atoms with E-state index in [9.17, 15) is 18.0 Å². The molecule has 2 atom stereocenters. The average molecular weight is 375 g/mol. The first-order valence-electron chi connectivity index (χ1n) is 7.38. The molecule has 132 valence electrons. The quantitative estimate of drug-likeness (QED) is 0.729. The average Bonchev–Trinajstić information content (AvgIpc) is 2.74. The van der Waals surface area contributed by atoms with Crippen LogP contribution in [0.25, 0.3) is 0 Å². The van der Waals surface area contributed by atoms with Crippen LogP contribution in [0.3, 0.4) is 0 Å². The van der Waals surface area contributed by atoms with Crippen molar-refractivity contribution in [3.8, 4) is 5.75 Å². The van der Waals surface area contributed by atoms with Crippen LogP contribution < -0.4 is 10.1 Å². The molecule has 1 aromatic carbocycles. The van der Waals surface area contributed by atoms with Gasteiger partial charge in [-0.3, -0.25) is 9.69 Å². The van der Waals surface area contributed by atoms with Crippen molar-refractivity contribution in [2.24, 2.45) is 0 Å². The van der Waals surface area contributed by atoms with E-state index >= 15 is 0 Å². The highest BCUT2D eigenvalue weighted by molar-refractivity contribution is 7.90. The Morgan fingerprint density at radius 3 is 2.62 bits per heavy atom. The summed E-state index contributed by atoms with van der Waals surface area (Å²) in [5.41, 5.74) is 0. The van der Waals surface area contributed by atoms with Gasteiger partial charge in [0, 0.05) is 6.26 Å². The number of urea groups is 1. The molecule has 9 heteroatoms. The van der Waals surface area contributed by atoms with E-state index < -0.39 is 33.9 Å². The molecular formula is C15H19ClN2O5S. The van der Waals surface area contributed by atoms with Gasteiger partial charge in [-0.1, -0.05) is 23.7 Å². The van der Waals surface area contributed by atoms with Crippen LogP contribution in [0.4, 0.5) is 4.79 Å². The number of nitrogens with one attached hydrogen (secondary N) is 1. The van der Waals surface area contributed by atoms with Crippen molar-refractivity contribution >= 4 is 33.4 Å². The molecule has 0 spiro atoms. The van der Waals surface area contributed by atoms with Crippen molar-refractivity contribution in [2.75, 3.05) is 18.6 Å². The Labute approximate surface area is 145 Å². The molecule has 2 unspecified atom stereocenters. The Hall–Kier alpha value is -1.80. The summed E-state index contributed by atoms with van der Waals surface area (Å²) in [5.74, 6) is -0.144. The van der Waals surface area contributed by atoms with Crippen molar-refractivity contribution in [3.63, 3.8) is 0 Å². The van der Waals surface area contributed by atoms with Gasteiger partial charge in [0.1, 0.15) is 27.7 Å².